The van der Waals surface area contributed by atoms with Crippen LogP contribution >= 0.6 is 15.9 Å². The lowest BCUT2D eigenvalue weighted by Gasteiger charge is -2.21. The maximum Gasteiger partial charge on any atom is 0.412 e. The molecule has 0 aromatic heterocycles. The summed E-state index contributed by atoms with van der Waals surface area (Å²) in [7, 11) is -6.90. The Bertz CT molecular complexity index is 1300. The summed E-state index contributed by atoms with van der Waals surface area (Å²) in [6.45, 7) is 4.94. The van der Waals surface area contributed by atoms with Crippen LogP contribution in [0, 0.1) is 0 Å². The molecular formula is C20H23BrN2O8S2. The largest absolute Gasteiger partial charge is 0.465 e. The first-order valence-corrected chi connectivity index (χ1v) is 13.4. The summed E-state index contributed by atoms with van der Waals surface area (Å²) in [6.07, 6.45) is 0.0850. The van der Waals surface area contributed by atoms with E-state index >= 15 is 0 Å². The van der Waals surface area contributed by atoms with Gasteiger partial charge in [-0.2, -0.15) is 0 Å². The summed E-state index contributed by atoms with van der Waals surface area (Å²) >= 11 is 3.13. The Morgan fingerprint density at radius 3 is 2.15 bits per heavy atom. The van der Waals surface area contributed by atoms with E-state index in [4.69, 9.17) is 4.74 Å². The first-order valence-electron chi connectivity index (χ1n) is 9.28. The fourth-order valence-corrected chi connectivity index (χ4v) is 5.22. The van der Waals surface area contributed by atoms with Gasteiger partial charge in [0.1, 0.15) is 10.5 Å². The summed E-state index contributed by atoms with van der Waals surface area (Å²) < 4.78 is 62.5. The molecule has 10 nitrogen and oxygen atoms in total. The van der Waals surface area contributed by atoms with Crippen molar-refractivity contribution in [3.63, 3.8) is 0 Å². The molecule has 0 aliphatic rings. The van der Waals surface area contributed by atoms with Gasteiger partial charge < -0.3 is 9.47 Å². The van der Waals surface area contributed by atoms with E-state index in [9.17, 15) is 26.4 Å². The number of hydrogen-bond acceptors (Lipinski definition) is 8. The summed E-state index contributed by atoms with van der Waals surface area (Å²) in [6, 6.07) is 7.34. The third-order valence-electron chi connectivity index (χ3n) is 3.94. The minimum Gasteiger partial charge on any atom is -0.465 e. The summed E-state index contributed by atoms with van der Waals surface area (Å²) in [4.78, 5) is 23.6. The molecule has 0 aliphatic carbocycles. The van der Waals surface area contributed by atoms with Gasteiger partial charge in [-0.15, -0.1) is 0 Å². The van der Waals surface area contributed by atoms with Crippen molar-refractivity contribution in [2.75, 3.05) is 23.4 Å². The molecule has 0 saturated heterocycles. The van der Waals surface area contributed by atoms with Gasteiger partial charge in [-0.1, -0.05) is 0 Å². The molecule has 0 radical (unpaired) electrons. The number of sulfone groups is 1. The Morgan fingerprint density at radius 2 is 1.61 bits per heavy atom. The van der Waals surface area contributed by atoms with E-state index in [1.54, 1.807) is 20.8 Å². The van der Waals surface area contributed by atoms with Crippen LogP contribution in [0.3, 0.4) is 0 Å². The van der Waals surface area contributed by atoms with E-state index in [-0.39, 0.29) is 31.2 Å². The van der Waals surface area contributed by atoms with Crippen molar-refractivity contribution in [1.82, 2.24) is 0 Å². The average Bonchev–Trinajstić information content (AvgIpc) is 2.66. The Labute approximate surface area is 200 Å². The number of carbonyl (C=O) groups is 2. The number of nitrogens with one attached hydrogen (secondary N) is 2. The van der Waals surface area contributed by atoms with Crippen molar-refractivity contribution in [3.8, 4) is 0 Å². The lowest BCUT2D eigenvalue weighted by molar-refractivity contribution is 0.0597. The molecule has 0 aliphatic heterocycles. The number of ether oxygens (including phenoxy) is 2. The van der Waals surface area contributed by atoms with Crippen molar-refractivity contribution in [1.29, 1.82) is 0 Å². The monoisotopic (exact) mass is 562 g/mol. The molecule has 2 N–H and O–H groups in total. The van der Waals surface area contributed by atoms with Gasteiger partial charge in [-0.25, -0.2) is 26.4 Å². The molecule has 0 unspecified atom stereocenters. The molecule has 0 saturated carbocycles. The fraction of sp³-hybridized carbons (Fsp3) is 0.300. The van der Waals surface area contributed by atoms with Crippen LogP contribution in [0.4, 0.5) is 16.2 Å². The molecule has 1 amide bonds. The first-order chi connectivity index (χ1) is 15.0. The second kappa shape index (κ2) is 9.69. The van der Waals surface area contributed by atoms with E-state index < -0.39 is 37.5 Å². The number of halogens is 1. The molecule has 0 atom stereocenters. The molecule has 2 aromatic carbocycles. The van der Waals surface area contributed by atoms with Crippen LogP contribution in [0.15, 0.2) is 50.7 Å². The molecule has 13 heteroatoms. The van der Waals surface area contributed by atoms with E-state index in [1.165, 1.54) is 24.3 Å². The van der Waals surface area contributed by atoms with Gasteiger partial charge in [-0.3, -0.25) is 10.0 Å². The highest BCUT2D eigenvalue weighted by molar-refractivity contribution is 9.10. The molecule has 0 fully saturated rings. The van der Waals surface area contributed by atoms with Gasteiger partial charge in [0.2, 0.25) is 0 Å². The van der Waals surface area contributed by atoms with E-state index in [2.05, 4.69) is 30.7 Å². The van der Waals surface area contributed by atoms with Crippen LogP contribution in [0.25, 0.3) is 0 Å². The van der Waals surface area contributed by atoms with Crippen molar-refractivity contribution in [2.45, 2.75) is 36.2 Å². The predicted molar refractivity (Wildman–Crippen MR) is 126 cm³/mol. The van der Waals surface area contributed by atoms with Gasteiger partial charge in [0, 0.05) is 10.7 Å². The predicted octanol–water partition coefficient (Wildman–Crippen LogP) is 3.79. The van der Waals surface area contributed by atoms with Crippen LogP contribution in [0.2, 0.25) is 0 Å². The Kier molecular flexibility index (Phi) is 7.82. The number of rotatable bonds is 6. The van der Waals surface area contributed by atoms with Gasteiger partial charge in [0.25, 0.3) is 10.0 Å². The van der Waals surface area contributed by atoms with Gasteiger partial charge in [0.15, 0.2) is 9.84 Å². The van der Waals surface area contributed by atoms with Crippen molar-refractivity contribution < 1.29 is 35.9 Å². The maximum absolute atomic E-state index is 13.1. The number of methoxy groups -OCH3 is 1. The van der Waals surface area contributed by atoms with E-state index in [0.717, 1.165) is 25.5 Å². The second-order valence-corrected chi connectivity index (χ2v) is 12.4. The average molecular weight is 563 g/mol. The van der Waals surface area contributed by atoms with E-state index in [0.29, 0.717) is 0 Å². The number of benzene rings is 2. The zero-order valence-corrected chi connectivity index (χ0v) is 21.6. The number of esters is 1. The smallest absolute Gasteiger partial charge is 0.412 e. The fourth-order valence-electron chi connectivity index (χ4n) is 2.51. The minimum atomic E-state index is -4.36. The molecule has 2 rings (SSSR count). The van der Waals surface area contributed by atoms with Crippen LogP contribution < -0.4 is 10.0 Å². The van der Waals surface area contributed by atoms with Crippen LogP contribution in [-0.2, 0) is 29.3 Å². The topological polar surface area (TPSA) is 145 Å². The van der Waals surface area contributed by atoms with Crippen molar-refractivity contribution in [2.24, 2.45) is 0 Å². The zero-order valence-electron chi connectivity index (χ0n) is 18.4. The molecule has 33 heavy (non-hydrogen) atoms. The van der Waals surface area contributed by atoms with Crippen LogP contribution in [0.1, 0.15) is 31.1 Å². The Morgan fingerprint density at radius 1 is 0.970 bits per heavy atom. The lowest BCUT2D eigenvalue weighted by Crippen LogP contribution is -2.27. The molecule has 180 valence electrons. The van der Waals surface area contributed by atoms with Crippen molar-refractivity contribution >= 4 is 59.2 Å². The van der Waals surface area contributed by atoms with Gasteiger partial charge >= 0.3 is 12.1 Å². The zero-order chi connectivity index (χ0) is 25.2. The lowest BCUT2D eigenvalue weighted by atomic mass is 10.2. The maximum atomic E-state index is 13.1. The van der Waals surface area contributed by atoms with Gasteiger partial charge in [-0.05, 0) is 73.1 Å². The minimum absolute atomic E-state index is 0.0157. The second-order valence-electron chi connectivity index (χ2n) is 7.85. The third-order valence-corrected chi connectivity index (χ3v) is 7.41. The standard InChI is InChI=1S/C20H23BrN2O8S2/c1-20(2,3)31-19(25)22-15-9-7-13(32(5,26)27)11-16(15)23-33(28,29)17-10-12(18(24)30-4)6-8-14(17)21/h6-11,23H,1-5H3,(H,22,25). The Hall–Kier alpha value is -2.64. The van der Waals surface area contributed by atoms with E-state index in [1.807, 2.05) is 0 Å². The van der Waals surface area contributed by atoms with Gasteiger partial charge in [0.05, 0.1) is 28.9 Å². The SMILES string of the molecule is COC(=O)c1ccc(Br)c(S(=O)(=O)Nc2cc(S(C)(=O)=O)ccc2NC(=O)OC(C)(C)C)c1. The summed E-state index contributed by atoms with van der Waals surface area (Å²) in [5.74, 6) is -0.745. The Balaban J connectivity index is 2.55. The first kappa shape index (κ1) is 26.6. The highest BCUT2D eigenvalue weighted by Crippen LogP contribution is 2.31. The molecular weight excluding hydrogens is 540 g/mol. The third kappa shape index (κ3) is 7.17. The van der Waals surface area contributed by atoms with Crippen LogP contribution in [-0.4, -0.2) is 47.9 Å². The van der Waals surface area contributed by atoms with Crippen LogP contribution in [0.5, 0.6) is 0 Å². The highest BCUT2D eigenvalue weighted by Gasteiger charge is 2.24. The van der Waals surface area contributed by atoms with Crippen molar-refractivity contribution in [3.05, 3.63) is 46.4 Å². The highest BCUT2D eigenvalue weighted by atomic mass is 79.9. The quantitative estimate of drug-likeness (QED) is 0.505. The summed E-state index contributed by atoms with van der Waals surface area (Å²) in [5.41, 5.74) is -1.10. The molecule has 0 bridgehead atoms. The number of carbonyl (C=O) groups excluding carboxylic acids is 2. The molecule has 2 aromatic rings. The number of sulfonamides is 1. The normalized spacial score (nSPS) is 12.1. The number of amides is 1. The number of anilines is 2. The molecule has 0 heterocycles. The molecule has 0 spiro atoms. The number of hydrogen-bond donors (Lipinski definition) is 2. The summed E-state index contributed by atoms with van der Waals surface area (Å²) in [5, 5.41) is 2.40.